The minimum atomic E-state index is -0.136. The number of carbonyl (C=O) groups is 1. The molecule has 1 heterocycles. The van der Waals surface area contributed by atoms with Crippen molar-refractivity contribution in [1.29, 1.82) is 0 Å². The lowest BCUT2D eigenvalue weighted by molar-refractivity contribution is -0.123. The second kappa shape index (κ2) is 17.9. The number of hydrogen-bond acceptors (Lipinski definition) is 5. The van der Waals surface area contributed by atoms with E-state index in [9.17, 15) is 4.79 Å². The molecule has 0 bridgehead atoms. The summed E-state index contributed by atoms with van der Waals surface area (Å²) < 4.78 is 11.3. The Labute approximate surface area is 250 Å². The Morgan fingerprint density at radius 1 is 0.976 bits per heavy atom. The summed E-state index contributed by atoms with van der Waals surface area (Å²) >= 11 is 0. The first-order valence-electron chi connectivity index (χ1n) is 15.0. The highest BCUT2D eigenvalue weighted by molar-refractivity contribution is 5.83. The molecule has 42 heavy (non-hydrogen) atoms. The molecule has 0 radical (unpaired) electrons. The van der Waals surface area contributed by atoms with Crippen molar-refractivity contribution in [2.75, 3.05) is 40.5 Å². The second-order valence-electron chi connectivity index (χ2n) is 10.4. The molecule has 4 aromatic rings. The number of aromatic amines is 1. The highest BCUT2D eigenvalue weighted by Crippen LogP contribution is 2.23. The number of ether oxygens (including phenoxy) is 2. The molecule has 0 aliphatic carbocycles. The summed E-state index contributed by atoms with van der Waals surface area (Å²) in [5.74, 6) is 1.61. The fourth-order valence-electron chi connectivity index (χ4n) is 5.09. The minimum absolute atomic E-state index is 0.0271. The lowest BCUT2D eigenvalue weighted by Crippen LogP contribution is -2.38. The number of nitrogens with zero attached hydrogens (tertiary/aromatic N) is 1. The van der Waals surface area contributed by atoms with Crippen LogP contribution in [0.15, 0.2) is 79.0 Å². The molecule has 7 nitrogen and oxygen atoms in total. The molecule has 1 amide bonds. The first-order valence-corrected chi connectivity index (χ1v) is 15.0. The number of aryl methyl sites for hydroxylation is 1. The largest absolute Gasteiger partial charge is 0.496 e. The van der Waals surface area contributed by atoms with Gasteiger partial charge in [0.2, 0.25) is 0 Å². The predicted molar refractivity (Wildman–Crippen MR) is 171 cm³/mol. The molecule has 4 rings (SSSR count). The van der Waals surface area contributed by atoms with Crippen molar-refractivity contribution in [3.63, 3.8) is 0 Å². The average molecular weight is 574 g/mol. The Kier molecular flexibility index (Phi) is 13.9. The molecule has 0 saturated heterocycles. The number of hydrogen-bond donors (Lipinski definition) is 3. The molecule has 7 heteroatoms. The molecule has 0 aliphatic heterocycles. The van der Waals surface area contributed by atoms with E-state index in [1.165, 1.54) is 16.5 Å². The summed E-state index contributed by atoms with van der Waals surface area (Å²) in [4.78, 5) is 18.4. The number of para-hydroxylation sites is 2. The topological polar surface area (TPSA) is 86.8 Å². The van der Waals surface area contributed by atoms with Crippen LogP contribution in [-0.4, -0.2) is 61.4 Å². The number of unbranched alkanes of at least 4 members (excludes halogenated alkanes) is 1. The van der Waals surface area contributed by atoms with Crippen LogP contribution in [-0.2, 0) is 24.2 Å². The van der Waals surface area contributed by atoms with Crippen molar-refractivity contribution in [2.24, 2.45) is 5.92 Å². The monoisotopic (exact) mass is 573 g/mol. The van der Waals surface area contributed by atoms with E-state index >= 15 is 0 Å². The standard InChI is InChI=1S/C33H41N3O4.C2H6/c1-36(23-27-10-3-6-13-32(27)39-2)22-26(19-28-21-34-31-12-5-4-11-30(28)31)20-35-33(38)24-40-29-16-14-25(15-17-29)9-7-8-18-37;1-2/h3-6,10-17,21,26,34,37H,7-9,18-20,22-24H2,1-2H3,(H,35,38);1-2H3. The van der Waals surface area contributed by atoms with Crippen molar-refractivity contribution in [2.45, 2.75) is 46.1 Å². The van der Waals surface area contributed by atoms with Crippen molar-refractivity contribution in [1.82, 2.24) is 15.2 Å². The number of aliphatic hydroxyl groups excluding tert-OH is 1. The summed E-state index contributed by atoms with van der Waals surface area (Å²) in [5, 5.41) is 13.3. The number of fused-ring (bicyclic) bond motifs is 1. The zero-order valence-electron chi connectivity index (χ0n) is 25.6. The zero-order chi connectivity index (χ0) is 30.2. The van der Waals surface area contributed by atoms with E-state index in [2.05, 4.69) is 52.7 Å². The molecule has 0 saturated carbocycles. The van der Waals surface area contributed by atoms with Gasteiger partial charge in [-0.1, -0.05) is 62.4 Å². The number of aromatic nitrogens is 1. The van der Waals surface area contributed by atoms with Crippen molar-refractivity contribution in [3.8, 4) is 11.5 Å². The Balaban J connectivity index is 0.00000237. The Morgan fingerprint density at radius 2 is 1.71 bits per heavy atom. The smallest absolute Gasteiger partial charge is 0.257 e. The number of methoxy groups -OCH3 is 1. The Hall–Kier alpha value is -3.81. The van der Waals surface area contributed by atoms with Crippen LogP contribution in [0.2, 0.25) is 0 Å². The quantitative estimate of drug-likeness (QED) is 0.143. The van der Waals surface area contributed by atoms with Crippen molar-refractivity contribution < 1.29 is 19.4 Å². The van der Waals surface area contributed by atoms with Crippen LogP contribution in [0.3, 0.4) is 0 Å². The molecule has 1 unspecified atom stereocenters. The van der Waals surface area contributed by atoms with Crippen LogP contribution < -0.4 is 14.8 Å². The van der Waals surface area contributed by atoms with Gasteiger partial charge in [-0.05, 0) is 74.0 Å². The highest BCUT2D eigenvalue weighted by atomic mass is 16.5. The molecule has 0 spiro atoms. The molecule has 0 fully saturated rings. The van der Waals surface area contributed by atoms with Gasteiger partial charge in [0.15, 0.2) is 6.61 Å². The number of H-pyrrole nitrogens is 1. The minimum Gasteiger partial charge on any atom is -0.496 e. The van der Waals surface area contributed by atoms with Gasteiger partial charge >= 0.3 is 0 Å². The van der Waals surface area contributed by atoms with E-state index < -0.39 is 0 Å². The number of benzene rings is 3. The number of carbonyl (C=O) groups excluding carboxylic acids is 1. The SMILES string of the molecule is CC.COc1ccccc1CN(C)CC(CNC(=O)COc1ccc(CCCCO)cc1)Cc1c[nH]c2ccccc12. The fraction of sp³-hybridized carbons (Fsp3) is 0.400. The van der Waals surface area contributed by atoms with Crippen LogP contribution in [0.25, 0.3) is 10.9 Å². The van der Waals surface area contributed by atoms with Gasteiger partial charge in [-0.2, -0.15) is 0 Å². The lowest BCUT2D eigenvalue weighted by atomic mass is 9.98. The van der Waals surface area contributed by atoms with Crippen molar-refractivity contribution in [3.05, 3.63) is 95.7 Å². The van der Waals surface area contributed by atoms with Gasteiger partial charge in [-0.25, -0.2) is 0 Å². The third-order valence-electron chi connectivity index (χ3n) is 7.14. The van der Waals surface area contributed by atoms with E-state index in [4.69, 9.17) is 14.6 Å². The third-order valence-corrected chi connectivity index (χ3v) is 7.14. The number of aliphatic hydroxyl groups is 1. The first-order chi connectivity index (χ1) is 20.6. The molecular formula is C35H47N3O4. The maximum Gasteiger partial charge on any atom is 0.257 e. The van der Waals surface area contributed by atoms with Crippen LogP contribution in [0, 0.1) is 5.92 Å². The number of rotatable bonds is 16. The molecule has 1 aromatic heterocycles. The molecule has 226 valence electrons. The summed E-state index contributed by atoms with van der Waals surface area (Å²) in [6.45, 7) is 6.29. The van der Waals surface area contributed by atoms with E-state index in [1.54, 1.807) is 7.11 Å². The summed E-state index contributed by atoms with van der Waals surface area (Å²) in [6.07, 6.45) is 5.59. The van der Waals surface area contributed by atoms with Gasteiger partial charge in [0.25, 0.3) is 5.91 Å². The van der Waals surface area contributed by atoms with Crippen LogP contribution in [0.1, 0.15) is 43.4 Å². The van der Waals surface area contributed by atoms with Gasteiger partial charge in [0.1, 0.15) is 11.5 Å². The maximum atomic E-state index is 12.7. The summed E-state index contributed by atoms with van der Waals surface area (Å²) in [7, 11) is 3.80. The molecule has 1 atom stereocenters. The Bertz CT molecular complexity index is 1340. The van der Waals surface area contributed by atoms with Crippen LogP contribution in [0.4, 0.5) is 0 Å². The van der Waals surface area contributed by atoms with E-state index in [0.29, 0.717) is 12.3 Å². The molecular weight excluding hydrogens is 526 g/mol. The van der Waals surface area contributed by atoms with E-state index in [0.717, 1.165) is 55.6 Å². The van der Waals surface area contributed by atoms with Crippen LogP contribution >= 0.6 is 0 Å². The van der Waals surface area contributed by atoms with E-state index in [1.807, 2.05) is 62.4 Å². The summed E-state index contributed by atoms with van der Waals surface area (Å²) in [5.41, 5.74) is 4.70. The van der Waals surface area contributed by atoms with Gasteiger partial charge in [-0.15, -0.1) is 0 Å². The van der Waals surface area contributed by atoms with Gasteiger partial charge in [-0.3, -0.25) is 4.79 Å². The van der Waals surface area contributed by atoms with E-state index in [-0.39, 0.29) is 25.0 Å². The van der Waals surface area contributed by atoms with Crippen LogP contribution in [0.5, 0.6) is 11.5 Å². The molecule has 0 aliphatic rings. The molecule has 3 N–H and O–H groups in total. The lowest BCUT2D eigenvalue weighted by Gasteiger charge is -2.25. The maximum absolute atomic E-state index is 12.7. The number of nitrogens with one attached hydrogen (secondary N) is 2. The van der Waals surface area contributed by atoms with Crippen molar-refractivity contribution >= 4 is 16.8 Å². The normalized spacial score (nSPS) is 11.6. The zero-order valence-corrected chi connectivity index (χ0v) is 25.6. The molecule has 3 aromatic carbocycles. The average Bonchev–Trinajstić information content (AvgIpc) is 3.43. The summed E-state index contributed by atoms with van der Waals surface area (Å²) in [6, 6.07) is 24.2. The van der Waals surface area contributed by atoms with Gasteiger partial charge < -0.3 is 29.8 Å². The highest BCUT2D eigenvalue weighted by Gasteiger charge is 2.18. The predicted octanol–water partition coefficient (Wildman–Crippen LogP) is 6.00. The van der Waals surface area contributed by atoms with Gasteiger partial charge in [0.05, 0.1) is 7.11 Å². The second-order valence-corrected chi connectivity index (χ2v) is 10.4. The van der Waals surface area contributed by atoms with Gasteiger partial charge in [0, 0.05) is 48.9 Å². The third kappa shape index (κ3) is 10.2. The first kappa shape index (κ1) is 32.7. The number of amides is 1. The Morgan fingerprint density at radius 3 is 2.48 bits per heavy atom. The fourth-order valence-corrected chi connectivity index (χ4v) is 5.09.